The summed E-state index contributed by atoms with van der Waals surface area (Å²) in [5.74, 6) is 0. The van der Waals surface area contributed by atoms with Gasteiger partial charge in [0.05, 0.1) is 0 Å². The lowest BCUT2D eigenvalue weighted by molar-refractivity contribution is 0.696. The van der Waals surface area contributed by atoms with Gasteiger partial charge in [0.2, 0.25) is 0 Å². The van der Waals surface area contributed by atoms with Crippen LogP contribution in [0.5, 0.6) is 0 Å². The SMILES string of the molecule is C=Cc1csc2c1CCCC2. The van der Waals surface area contributed by atoms with Crippen LogP contribution in [0.15, 0.2) is 12.0 Å². The summed E-state index contributed by atoms with van der Waals surface area (Å²) in [4.78, 5) is 1.60. The van der Waals surface area contributed by atoms with Crippen LogP contribution in [0, 0.1) is 0 Å². The van der Waals surface area contributed by atoms with Crippen molar-refractivity contribution in [3.8, 4) is 0 Å². The molecule has 1 aliphatic rings. The van der Waals surface area contributed by atoms with Crippen molar-refractivity contribution in [3.05, 3.63) is 28.0 Å². The molecule has 1 heterocycles. The first-order chi connectivity index (χ1) is 5.42. The van der Waals surface area contributed by atoms with E-state index in [0.29, 0.717) is 0 Å². The van der Waals surface area contributed by atoms with Gasteiger partial charge in [-0.25, -0.2) is 0 Å². The van der Waals surface area contributed by atoms with Gasteiger partial charge in [0.25, 0.3) is 0 Å². The topological polar surface area (TPSA) is 0 Å². The molecule has 0 saturated carbocycles. The number of hydrogen-bond acceptors (Lipinski definition) is 1. The quantitative estimate of drug-likeness (QED) is 0.597. The normalized spacial score (nSPS) is 16.0. The maximum absolute atomic E-state index is 3.82. The molecule has 0 amide bonds. The van der Waals surface area contributed by atoms with Gasteiger partial charge in [-0.3, -0.25) is 0 Å². The predicted molar refractivity (Wildman–Crippen MR) is 51.1 cm³/mol. The third-order valence-corrected chi connectivity index (χ3v) is 3.42. The first-order valence-electron chi connectivity index (χ1n) is 4.13. The highest BCUT2D eigenvalue weighted by atomic mass is 32.1. The second-order valence-electron chi connectivity index (χ2n) is 3.00. The van der Waals surface area contributed by atoms with Crippen molar-refractivity contribution in [2.75, 3.05) is 0 Å². The monoisotopic (exact) mass is 164 g/mol. The standard InChI is InChI=1S/C10H12S/c1-2-8-7-11-10-6-4-3-5-9(8)10/h2,7H,1,3-6H2. The zero-order valence-electron chi connectivity index (χ0n) is 6.60. The van der Waals surface area contributed by atoms with Crippen molar-refractivity contribution in [2.45, 2.75) is 25.7 Å². The Morgan fingerprint density at radius 1 is 1.36 bits per heavy atom. The third-order valence-electron chi connectivity index (χ3n) is 2.31. The van der Waals surface area contributed by atoms with E-state index in [4.69, 9.17) is 0 Å². The van der Waals surface area contributed by atoms with Crippen LogP contribution in [0.1, 0.15) is 28.8 Å². The fourth-order valence-electron chi connectivity index (χ4n) is 1.69. The summed E-state index contributed by atoms with van der Waals surface area (Å²) in [5, 5.41) is 2.24. The number of fused-ring (bicyclic) bond motifs is 1. The summed E-state index contributed by atoms with van der Waals surface area (Å²) in [6, 6.07) is 0. The Morgan fingerprint density at radius 3 is 3.00 bits per heavy atom. The lowest BCUT2D eigenvalue weighted by Gasteiger charge is -2.10. The highest BCUT2D eigenvalue weighted by Gasteiger charge is 2.12. The smallest absolute Gasteiger partial charge is 0.00834 e. The van der Waals surface area contributed by atoms with Gasteiger partial charge >= 0.3 is 0 Å². The van der Waals surface area contributed by atoms with Crippen LogP contribution in [-0.2, 0) is 12.8 Å². The highest BCUT2D eigenvalue weighted by molar-refractivity contribution is 7.10. The summed E-state index contributed by atoms with van der Waals surface area (Å²) >= 11 is 1.91. The van der Waals surface area contributed by atoms with Crippen LogP contribution in [0.3, 0.4) is 0 Å². The minimum atomic E-state index is 1.28. The summed E-state index contributed by atoms with van der Waals surface area (Å²) in [6.07, 6.45) is 7.31. The molecule has 0 spiro atoms. The summed E-state index contributed by atoms with van der Waals surface area (Å²) in [6.45, 7) is 3.82. The van der Waals surface area contributed by atoms with Crippen LogP contribution in [0.2, 0.25) is 0 Å². The Hall–Kier alpha value is -0.560. The first-order valence-corrected chi connectivity index (χ1v) is 5.01. The second kappa shape index (κ2) is 2.82. The lowest BCUT2D eigenvalue weighted by atomic mass is 9.96. The number of hydrogen-bond donors (Lipinski definition) is 0. The molecule has 0 N–H and O–H groups in total. The molecule has 11 heavy (non-hydrogen) atoms. The first kappa shape index (κ1) is 7.11. The Kier molecular flexibility index (Phi) is 1.82. The van der Waals surface area contributed by atoms with E-state index in [1.165, 1.54) is 31.2 Å². The largest absolute Gasteiger partial charge is 0.148 e. The summed E-state index contributed by atoms with van der Waals surface area (Å²) < 4.78 is 0. The van der Waals surface area contributed by atoms with Gasteiger partial charge in [-0.1, -0.05) is 12.7 Å². The van der Waals surface area contributed by atoms with Crippen LogP contribution in [-0.4, -0.2) is 0 Å². The van der Waals surface area contributed by atoms with E-state index in [2.05, 4.69) is 12.0 Å². The molecular weight excluding hydrogens is 152 g/mol. The van der Waals surface area contributed by atoms with Gasteiger partial charge in [0.15, 0.2) is 0 Å². The minimum absolute atomic E-state index is 1.28. The molecule has 0 radical (unpaired) electrons. The Balaban J connectivity index is 2.45. The Morgan fingerprint density at radius 2 is 2.18 bits per heavy atom. The van der Waals surface area contributed by atoms with Gasteiger partial charge in [-0.05, 0) is 42.2 Å². The van der Waals surface area contributed by atoms with E-state index < -0.39 is 0 Å². The van der Waals surface area contributed by atoms with Crippen LogP contribution in [0.4, 0.5) is 0 Å². The fraction of sp³-hybridized carbons (Fsp3) is 0.400. The third kappa shape index (κ3) is 1.14. The molecule has 1 heteroatoms. The van der Waals surface area contributed by atoms with E-state index in [-0.39, 0.29) is 0 Å². The van der Waals surface area contributed by atoms with Crippen LogP contribution in [0.25, 0.3) is 6.08 Å². The fourth-order valence-corrected chi connectivity index (χ4v) is 2.82. The summed E-state index contributed by atoms with van der Waals surface area (Å²) in [7, 11) is 0. The van der Waals surface area contributed by atoms with Crippen LogP contribution < -0.4 is 0 Å². The predicted octanol–water partition coefficient (Wildman–Crippen LogP) is 3.27. The Labute approximate surface area is 71.6 Å². The maximum atomic E-state index is 3.82. The van der Waals surface area contributed by atoms with Crippen molar-refractivity contribution < 1.29 is 0 Å². The van der Waals surface area contributed by atoms with Crippen LogP contribution >= 0.6 is 11.3 Å². The molecule has 1 aromatic heterocycles. The van der Waals surface area contributed by atoms with Crippen molar-refractivity contribution in [2.24, 2.45) is 0 Å². The van der Waals surface area contributed by atoms with Gasteiger partial charge in [0.1, 0.15) is 0 Å². The van der Waals surface area contributed by atoms with Crippen molar-refractivity contribution >= 4 is 17.4 Å². The molecule has 0 bridgehead atoms. The maximum Gasteiger partial charge on any atom is 0.00834 e. The van der Waals surface area contributed by atoms with Crippen molar-refractivity contribution in [3.63, 3.8) is 0 Å². The van der Waals surface area contributed by atoms with Gasteiger partial charge in [0, 0.05) is 4.88 Å². The molecule has 0 aromatic carbocycles. The number of thiophene rings is 1. The lowest BCUT2D eigenvalue weighted by Crippen LogP contribution is -1.98. The van der Waals surface area contributed by atoms with Gasteiger partial charge in [-0.2, -0.15) is 0 Å². The molecule has 2 rings (SSSR count). The minimum Gasteiger partial charge on any atom is -0.148 e. The molecule has 0 unspecified atom stereocenters. The Bertz CT molecular complexity index is 270. The molecule has 0 nitrogen and oxygen atoms in total. The molecule has 1 aromatic rings. The van der Waals surface area contributed by atoms with E-state index in [9.17, 15) is 0 Å². The zero-order valence-corrected chi connectivity index (χ0v) is 7.41. The summed E-state index contributed by atoms with van der Waals surface area (Å²) in [5.41, 5.74) is 2.96. The average Bonchev–Trinajstić information content (AvgIpc) is 2.47. The molecule has 0 fully saturated rings. The van der Waals surface area contributed by atoms with E-state index in [1.54, 1.807) is 10.4 Å². The number of rotatable bonds is 1. The molecule has 58 valence electrons. The zero-order chi connectivity index (χ0) is 7.68. The van der Waals surface area contributed by atoms with Gasteiger partial charge < -0.3 is 0 Å². The molecule has 0 saturated heterocycles. The van der Waals surface area contributed by atoms with Crippen molar-refractivity contribution in [1.82, 2.24) is 0 Å². The average molecular weight is 164 g/mol. The van der Waals surface area contributed by atoms with Gasteiger partial charge in [-0.15, -0.1) is 11.3 Å². The number of aryl methyl sites for hydroxylation is 1. The highest BCUT2D eigenvalue weighted by Crippen LogP contribution is 2.30. The molecule has 1 aliphatic carbocycles. The van der Waals surface area contributed by atoms with Crippen molar-refractivity contribution in [1.29, 1.82) is 0 Å². The second-order valence-corrected chi connectivity index (χ2v) is 3.97. The molecular formula is C10H12S. The van der Waals surface area contributed by atoms with E-state index in [1.807, 2.05) is 17.4 Å². The van der Waals surface area contributed by atoms with E-state index in [0.717, 1.165) is 0 Å². The molecule has 0 aliphatic heterocycles. The van der Waals surface area contributed by atoms with E-state index >= 15 is 0 Å². The molecule has 0 atom stereocenters.